The number of anilines is 2. The molecule has 0 fully saturated rings. The van der Waals surface area contributed by atoms with E-state index in [1.54, 1.807) is 18.2 Å². The van der Waals surface area contributed by atoms with Crippen LogP contribution in [0.15, 0.2) is 18.2 Å². The van der Waals surface area contributed by atoms with E-state index in [0.717, 1.165) is 5.56 Å². The van der Waals surface area contributed by atoms with Crippen LogP contribution in [0.5, 0.6) is 0 Å². The van der Waals surface area contributed by atoms with E-state index >= 15 is 0 Å². The molecule has 0 amide bonds. The number of nitrogens with two attached hydrogens (primary N) is 2. The van der Waals surface area contributed by atoms with Gasteiger partial charge in [-0.15, -0.1) is 0 Å². The van der Waals surface area contributed by atoms with Gasteiger partial charge in [-0.05, 0) is 37.1 Å². The van der Waals surface area contributed by atoms with Crippen molar-refractivity contribution in [1.82, 2.24) is 0 Å². The van der Waals surface area contributed by atoms with Gasteiger partial charge in [-0.3, -0.25) is 4.31 Å². The van der Waals surface area contributed by atoms with Crippen molar-refractivity contribution in [1.29, 1.82) is 0 Å². The Hall–Kier alpha value is -1.27. The first kappa shape index (κ1) is 10.3. The first-order valence-electron chi connectivity index (χ1n) is 4.60. The fourth-order valence-electron chi connectivity index (χ4n) is 2.01. The highest BCUT2D eigenvalue weighted by molar-refractivity contribution is 7.90. The average molecular weight is 227 g/mol. The second-order valence-electron chi connectivity index (χ2n) is 3.78. The van der Waals surface area contributed by atoms with Gasteiger partial charge in [0.05, 0.1) is 5.69 Å². The Morgan fingerprint density at radius 3 is 2.73 bits per heavy atom. The standard InChI is InChI=1S/C9H13N3O2S/c1-6-4-7-5-8(10)2-3-9(7)12(6)15(11,13)14/h2-3,5-6H,4,10H2,1H3,(H2,11,13,14). The molecule has 0 radical (unpaired) electrons. The zero-order valence-corrected chi connectivity index (χ0v) is 9.16. The van der Waals surface area contributed by atoms with Gasteiger partial charge in [0.2, 0.25) is 0 Å². The maximum absolute atomic E-state index is 11.4. The van der Waals surface area contributed by atoms with Gasteiger partial charge >= 0.3 is 0 Å². The first-order chi connectivity index (χ1) is 6.89. The number of hydrogen-bond acceptors (Lipinski definition) is 3. The third kappa shape index (κ3) is 1.66. The van der Waals surface area contributed by atoms with Gasteiger partial charge in [0.15, 0.2) is 0 Å². The summed E-state index contributed by atoms with van der Waals surface area (Å²) in [6, 6.07) is 5.02. The van der Waals surface area contributed by atoms with Crippen LogP contribution in [0.4, 0.5) is 11.4 Å². The Labute approximate surface area is 88.9 Å². The van der Waals surface area contributed by atoms with E-state index in [2.05, 4.69) is 0 Å². The molecule has 1 aromatic rings. The molecule has 0 bridgehead atoms. The number of nitrogens with zero attached hydrogens (tertiary/aromatic N) is 1. The molecule has 1 aromatic carbocycles. The van der Waals surface area contributed by atoms with Crippen molar-refractivity contribution >= 4 is 21.6 Å². The van der Waals surface area contributed by atoms with Crippen molar-refractivity contribution in [2.24, 2.45) is 5.14 Å². The summed E-state index contributed by atoms with van der Waals surface area (Å²) in [7, 11) is -3.69. The number of fused-ring (bicyclic) bond motifs is 1. The molecule has 0 saturated carbocycles. The molecule has 2 rings (SSSR count). The number of hydrogen-bond donors (Lipinski definition) is 2. The maximum atomic E-state index is 11.4. The Morgan fingerprint density at radius 1 is 1.47 bits per heavy atom. The van der Waals surface area contributed by atoms with Gasteiger partial charge in [0.1, 0.15) is 0 Å². The summed E-state index contributed by atoms with van der Waals surface area (Å²) in [5.74, 6) is 0. The molecule has 1 heterocycles. The summed E-state index contributed by atoms with van der Waals surface area (Å²) < 4.78 is 24.0. The average Bonchev–Trinajstić information content (AvgIpc) is 2.38. The molecule has 0 spiro atoms. The molecule has 1 atom stereocenters. The highest BCUT2D eigenvalue weighted by Crippen LogP contribution is 2.34. The molecule has 1 aliphatic rings. The maximum Gasteiger partial charge on any atom is 0.299 e. The SMILES string of the molecule is CC1Cc2cc(N)ccc2N1S(N)(=O)=O. The van der Waals surface area contributed by atoms with Crippen LogP contribution in [-0.2, 0) is 16.6 Å². The smallest absolute Gasteiger partial charge is 0.299 e. The topological polar surface area (TPSA) is 89.4 Å². The molecule has 4 N–H and O–H groups in total. The normalized spacial score (nSPS) is 20.4. The Morgan fingerprint density at radius 2 is 2.13 bits per heavy atom. The molecule has 82 valence electrons. The zero-order valence-electron chi connectivity index (χ0n) is 8.34. The second-order valence-corrected chi connectivity index (χ2v) is 5.21. The van der Waals surface area contributed by atoms with Crippen LogP contribution < -0.4 is 15.2 Å². The van der Waals surface area contributed by atoms with Gasteiger partial charge < -0.3 is 5.73 Å². The Kier molecular flexibility index (Phi) is 2.13. The first-order valence-corrected chi connectivity index (χ1v) is 6.10. The summed E-state index contributed by atoms with van der Waals surface area (Å²) in [4.78, 5) is 0. The third-order valence-electron chi connectivity index (χ3n) is 2.53. The third-order valence-corrected chi connectivity index (χ3v) is 3.64. The number of benzene rings is 1. The second kappa shape index (κ2) is 3.11. The fraction of sp³-hybridized carbons (Fsp3) is 0.333. The minimum absolute atomic E-state index is 0.142. The van der Waals surface area contributed by atoms with Crippen molar-refractivity contribution < 1.29 is 8.42 Å². The lowest BCUT2D eigenvalue weighted by Gasteiger charge is -2.21. The molecular weight excluding hydrogens is 214 g/mol. The largest absolute Gasteiger partial charge is 0.399 e. The van der Waals surface area contributed by atoms with Crippen LogP contribution in [0.2, 0.25) is 0 Å². The van der Waals surface area contributed by atoms with E-state index in [1.165, 1.54) is 4.31 Å². The quantitative estimate of drug-likeness (QED) is 0.673. The fourth-order valence-corrected chi connectivity index (χ4v) is 3.04. The van der Waals surface area contributed by atoms with Crippen LogP contribution >= 0.6 is 0 Å². The van der Waals surface area contributed by atoms with Gasteiger partial charge in [-0.25, -0.2) is 5.14 Å². The van der Waals surface area contributed by atoms with Gasteiger partial charge in [-0.1, -0.05) is 0 Å². The monoisotopic (exact) mass is 227 g/mol. The van der Waals surface area contributed by atoms with Crippen molar-refractivity contribution in [2.45, 2.75) is 19.4 Å². The van der Waals surface area contributed by atoms with Crippen molar-refractivity contribution in [3.8, 4) is 0 Å². The van der Waals surface area contributed by atoms with E-state index in [4.69, 9.17) is 10.9 Å². The van der Waals surface area contributed by atoms with Crippen LogP contribution in [0.1, 0.15) is 12.5 Å². The lowest BCUT2D eigenvalue weighted by molar-refractivity contribution is 0.586. The van der Waals surface area contributed by atoms with E-state index in [0.29, 0.717) is 17.8 Å². The Bertz CT molecular complexity index is 498. The molecule has 15 heavy (non-hydrogen) atoms. The molecule has 0 aromatic heterocycles. The molecule has 1 unspecified atom stereocenters. The van der Waals surface area contributed by atoms with Crippen LogP contribution in [0.25, 0.3) is 0 Å². The van der Waals surface area contributed by atoms with Crippen molar-refractivity contribution in [3.63, 3.8) is 0 Å². The predicted octanol–water partition coefficient (Wildman–Crippen LogP) is 0.223. The molecular formula is C9H13N3O2S. The summed E-state index contributed by atoms with van der Waals surface area (Å²) >= 11 is 0. The highest BCUT2D eigenvalue weighted by Gasteiger charge is 2.32. The minimum atomic E-state index is -3.69. The molecule has 0 aliphatic carbocycles. The molecule has 1 aliphatic heterocycles. The predicted molar refractivity (Wildman–Crippen MR) is 59.6 cm³/mol. The number of rotatable bonds is 1. The lowest BCUT2D eigenvalue weighted by Crippen LogP contribution is -2.40. The summed E-state index contributed by atoms with van der Waals surface area (Å²) in [6.07, 6.45) is 0.650. The Balaban J connectivity index is 2.56. The van der Waals surface area contributed by atoms with Crippen molar-refractivity contribution in [2.75, 3.05) is 10.0 Å². The van der Waals surface area contributed by atoms with E-state index in [9.17, 15) is 8.42 Å². The van der Waals surface area contributed by atoms with E-state index in [-0.39, 0.29) is 6.04 Å². The zero-order chi connectivity index (χ0) is 11.2. The van der Waals surface area contributed by atoms with E-state index in [1.807, 2.05) is 6.92 Å². The van der Waals surface area contributed by atoms with Crippen LogP contribution in [0, 0.1) is 0 Å². The lowest BCUT2D eigenvalue weighted by atomic mass is 10.1. The van der Waals surface area contributed by atoms with E-state index < -0.39 is 10.2 Å². The van der Waals surface area contributed by atoms with Gasteiger partial charge in [0.25, 0.3) is 10.2 Å². The minimum Gasteiger partial charge on any atom is -0.399 e. The van der Waals surface area contributed by atoms with Gasteiger partial charge in [0, 0.05) is 11.7 Å². The summed E-state index contributed by atoms with van der Waals surface area (Å²) in [5, 5.41) is 5.15. The molecule has 0 saturated heterocycles. The number of nitrogen functional groups attached to an aromatic ring is 1. The van der Waals surface area contributed by atoms with Crippen molar-refractivity contribution in [3.05, 3.63) is 23.8 Å². The van der Waals surface area contributed by atoms with Gasteiger partial charge in [-0.2, -0.15) is 8.42 Å². The highest BCUT2D eigenvalue weighted by atomic mass is 32.2. The summed E-state index contributed by atoms with van der Waals surface area (Å²) in [6.45, 7) is 1.82. The molecule has 5 nitrogen and oxygen atoms in total. The summed E-state index contributed by atoms with van der Waals surface area (Å²) in [5.41, 5.74) is 7.83. The van der Waals surface area contributed by atoms with Crippen LogP contribution in [-0.4, -0.2) is 14.5 Å². The van der Waals surface area contributed by atoms with Crippen LogP contribution in [0.3, 0.4) is 0 Å². The molecule has 6 heteroatoms.